The number of piperazine rings is 1. The SMILES string of the molecule is CC1CNCCN1c1ccccc1S(=O)(=O)N(C)C. The van der Waals surface area contributed by atoms with Gasteiger partial charge in [0, 0.05) is 39.8 Å². The highest BCUT2D eigenvalue weighted by Crippen LogP contribution is 2.28. The summed E-state index contributed by atoms with van der Waals surface area (Å²) in [5.41, 5.74) is 0.796. The summed E-state index contributed by atoms with van der Waals surface area (Å²) in [6.45, 7) is 4.67. The van der Waals surface area contributed by atoms with Crippen molar-refractivity contribution < 1.29 is 8.42 Å². The van der Waals surface area contributed by atoms with Gasteiger partial charge in [-0.15, -0.1) is 0 Å². The molecule has 0 amide bonds. The number of para-hydroxylation sites is 1. The zero-order valence-corrected chi connectivity index (χ0v) is 12.4. The van der Waals surface area contributed by atoms with Crippen LogP contribution < -0.4 is 10.2 Å². The van der Waals surface area contributed by atoms with Crippen molar-refractivity contribution >= 4 is 15.7 Å². The number of nitrogens with one attached hydrogen (secondary N) is 1. The van der Waals surface area contributed by atoms with Crippen LogP contribution in [0, 0.1) is 0 Å². The molecule has 1 aliphatic rings. The van der Waals surface area contributed by atoms with E-state index in [1.54, 1.807) is 26.2 Å². The number of rotatable bonds is 3. The zero-order valence-electron chi connectivity index (χ0n) is 11.6. The van der Waals surface area contributed by atoms with Crippen LogP contribution in [0.1, 0.15) is 6.92 Å². The summed E-state index contributed by atoms with van der Waals surface area (Å²) in [4.78, 5) is 2.54. The smallest absolute Gasteiger partial charge is 0.244 e. The predicted molar refractivity (Wildman–Crippen MR) is 77.0 cm³/mol. The Morgan fingerprint density at radius 3 is 2.63 bits per heavy atom. The molecule has 0 aromatic heterocycles. The first-order valence-electron chi connectivity index (χ1n) is 6.43. The van der Waals surface area contributed by atoms with Crippen molar-refractivity contribution in [2.45, 2.75) is 17.9 Å². The minimum atomic E-state index is -3.41. The molecule has 1 aromatic carbocycles. The molecular weight excluding hydrogens is 262 g/mol. The van der Waals surface area contributed by atoms with Crippen LogP contribution in [-0.2, 0) is 10.0 Å². The van der Waals surface area contributed by atoms with Gasteiger partial charge in [-0.3, -0.25) is 0 Å². The minimum Gasteiger partial charge on any atom is -0.365 e. The highest BCUT2D eigenvalue weighted by atomic mass is 32.2. The highest BCUT2D eigenvalue weighted by molar-refractivity contribution is 7.89. The first-order chi connectivity index (χ1) is 8.94. The monoisotopic (exact) mass is 283 g/mol. The van der Waals surface area contributed by atoms with Crippen LogP contribution in [0.15, 0.2) is 29.2 Å². The van der Waals surface area contributed by atoms with E-state index in [1.165, 1.54) is 4.31 Å². The Kier molecular flexibility index (Phi) is 4.13. The molecule has 0 bridgehead atoms. The summed E-state index contributed by atoms with van der Waals surface area (Å²) in [6, 6.07) is 7.51. The number of hydrogen-bond donors (Lipinski definition) is 1. The molecule has 1 N–H and O–H groups in total. The summed E-state index contributed by atoms with van der Waals surface area (Å²) in [7, 11) is -0.283. The molecular formula is C13H21N3O2S. The van der Waals surface area contributed by atoms with E-state index >= 15 is 0 Å². The molecule has 19 heavy (non-hydrogen) atoms. The van der Waals surface area contributed by atoms with Gasteiger partial charge in [0.05, 0.1) is 5.69 Å². The van der Waals surface area contributed by atoms with Crippen molar-refractivity contribution in [3.63, 3.8) is 0 Å². The Bertz CT molecular complexity index is 543. The van der Waals surface area contributed by atoms with Crippen LogP contribution in [0.5, 0.6) is 0 Å². The van der Waals surface area contributed by atoms with Crippen LogP contribution >= 0.6 is 0 Å². The van der Waals surface area contributed by atoms with Crippen molar-refractivity contribution in [3.8, 4) is 0 Å². The van der Waals surface area contributed by atoms with E-state index in [0.29, 0.717) is 4.90 Å². The molecule has 1 aromatic rings. The lowest BCUT2D eigenvalue weighted by Crippen LogP contribution is -2.50. The maximum atomic E-state index is 12.4. The third-order valence-corrected chi connectivity index (χ3v) is 5.30. The van der Waals surface area contributed by atoms with Crippen LogP contribution in [0.25, 0.3) is 0 Å². The fourth-order valence-electron chi connectivity index (χ4n) is 2.31. The number of hydrogen-bond acceptors (Lipinski definition) is 4. The van der Waals surface area contributed by atoms with Crippen molar-refractivity contribution in [2.75, 3.05) is 38.6 Å². The first-order valence-corrected chi connectivity index (χ1v) is 7.87. The molecule has 1 unspecified atom stereocenters. The van der Waals surface area contributed by atoms with Crippen molar-refractivity contribution in [3.05, 3.63) is 24.3 Å². The topological polar surface area (TPSA) is 52.7 Å². The standard InChI is InChI=1S/C13H21N3O2S/c1-11-10-14-8-9-16(11)12-6-4-5-7-13(12)19(17,18)15(2)3/h4-7,11,14H,8-10H2,1-3H3. The average molecular weight is 283 g/mol. The summed E-state index contributed by atoms with van der Waals surface area (Å²) >= 11 is 0. The van der Waals surface area contributed by atoms with Crippen molar-refractivity contribution in [1.82, 2.24) is 9.62 Å². The molecule has 0 aliphatic carbocycles. The summed E-state index contributed by atoms with van der Waals surface area (Å²) in [6.07, 6.45) is 0. The number of anilines is 1. The van der Waals surface area contributed by atoms with E-state index < -0.39 is 10.0 Å². The normalized spacial score (nSPS) is 20.8. The molecule has 6 heteroatoms. The van der Waals surface area contributed by atoms with E-state index in [-0.39, 0.29) is 6.04 Å². The highest BCUT2D eigenvalue weighted by Gasteiger charge is 2.26. The van der Waals surface area contributed by atoms with Gasteiger partial charge < -0.3 is 10.2 Å². The molecule has 1 fully saturated rings. The number of sulfonamides is 1. The molecule has 2 rings (SSSR count). The van der Waals surface area contributed by atoms with Gasteiger partial charge in [-0.25, -0.2) is 12.7 Å². The lowest BCUT2D eigenvalue weighted by Gasteiger charge is -2.37. The number of nitrogens with zero attached hydrogens (tertiary/aromatic N) is 2. The Morgan fingerprint density at radius 1 is 1.32 bits per heavy atom. The fraction of sp³-hybridized carbons (Fsp3) is 0.538. The van der Waals surface area contributed by atoms with E-state index in [4.69, 9.17) is 0 Å². The van der Waals surface area contributed by atoms with Crippen LogP contribution in [0.4, 0.5) is 5.69 Å². The Balaban J connectivity index is 2.47. The van der Waals surface area contributed by atoms with E-state index in [0.717, 1.165) is 25.3 Å². The second-order valence-electron chi connectivity index (χ2n) is 5.00. The summed E-state index contributed by atoms with van der Waals surface area (Å²) < 4.78 is 26.0. The van der Waals surface area contributed by atoms with Gasteiger partial charge >= 0.3 is 0 Å². The second-order valence-corrected chi connectivity index (χ2v) is 7.12. The Labute approximate surface area is 115 Å². The Hall–Kier alpha value is -1.11. The predicted octanol–water partition coefficient (Wildman–Crippen LogP) is 0.735. The van der Waals surface area contributed by atoms with Crippen LogP contribution in [0.2, 0.25) is 0 Å². The third-order valence-electron chi connectivity index (χ3n) is 3.43. The molecule has 0 saturated carbocycles. The lowest BCUT2D eigenvalue weighted by atomic mass is 10.2. The maximum absolute atomic E-state index is 12.4. The van der Waals surface area contributed by atoms with Gasteiger partial charge in [-0.2, -0.15) is 0 Å². The van der Waals surface area contributed by atoms with Crippen molar-refractivity contribution in [2.24, 2.45) is 0 Å². The van der Waals surface area contributed by atoms with Crippen LogP contribution in [-0.4, -0.2) is 52.5 Å². The largest absolute Gasteiger partial charge is 0.365 e. The molecule has 1 atom stereocenters. The Morgan fingerprint density at radius 2 is 2.00 bits per heavy atom. The molecule has 0 spiro atoms. The van der Waals surface area contributed by atoms with E-state index in [2.05, 4.69) is 17.1 Å². The number of benzene rings is 1. The molecule has 5 nitrogen and oxygen atoms in total. The quantitative estimate of drug-likeness (QED) is 0.889. The average Bonchev–Trinajstić information content (AvgIpc) is 2.39. The first kappa shape index (κ1) is 14.3. The van der Waals surface area contributed by atoms with Gasteiger partial charge in [-0.05, 0) is 19.1 Å². The van der Waals surface area contributed by atoms with Crippen LogP contribution in [0.3, 0.4) is 0 Å². The van der Waals surface area contributed by atoms with Gasteiger partial charge in [0.15, 0.2) is 0 Å². The van der Waals surface area contributed by atoms with Gasteiger partial charge in [-0.1, -0.05) is 12.1 Å². The van der Waals surface area contributed by atoms with Gasteiger partial charge in [0.1, 0.15) is 4.90 Å². The van der Waals surface area contributed by atoms with Gasteiger partial charge in [0.2, 0.25) is 10.0 Å². The maximum Gasteiger partial charge on any atom is 0.244 e. The molecule has 1 heterocycles. The van der Waals surface area contributed by atoms with E-state index in [1.807, 2.05) is 12.1 Å². The van der Waals surface area contributed by atoms with Crippen molar-refractivity contribution in [1.29, 1.82) is 0 Å². The van der Waals surface area contributed by atoms with Gasteiger partial charge in [0.25, 0.3) is 0 Å². The molecule has 1 saturated heterocycles. The van der Waals surface area contributed by atoms with E-state index in [9.17, 15) is 8.42 Å². The zero-order chi connectivity index (χ0) is 14.0. The molecule has 106 valence electrons. The lowest BCUT2D eigenvalue weighted by molar-refractivity contribution is 0.494. The summed E-state index contributed by atoms with van der Waals surface area (Å²) in [5.74, 6) is 0. The molecule has 1 aliphatic heterocycles. The molecule has 0 radical (unpaired) electrons. The minimum absolute atomic E-state index is 0.285. The third kappa shape index (κ3) is 2.75. The summed E-state index contributed by atoms with van der Waals surface area (Å²) in [5, 5.41) is 3.31. The second kappa shape index (κ2) is 5.48. The fourth-order valence-corrected chi connectivity index (χ4v) is 3.40.